The van der Waals surface area contributed by atoms with Crippen LogP contribution in [0, 0.1) is 5.92 Å². The number of carbonyl (C=O) groups excluding carboxylic acids is 1. The van der Waals surface area contributed by atoms with Crippen LogP contribution in [0.25, 0.3) is 55.7 Å². The number of carbonyl (C=O) groups is 1. The van der Waals surface area contributed by atoms with E-state index in [2.05, 4.69) is 46.5 Å². The van der Waals surface area contributed by atoms with E-state index >= 15 is 0 Å². The Morgan fingerprint density at radius 2 is 1.76 bits per heavy atom. The molecule has 1 fully saturated rings. The summed E-state index contributed by atoms with van der Waals surface area (Å²) in [7, 11) is 0. The van der Waals surface area contributed by atoms with Crippen LogP contribution in [0.1, 0.15) is 25.7 Å². The Morgan fingerprint density at radius 1 is 0.895 bits per heavy atom. The molecule has 0 atom stereocenters. The Kier molecular flexibility index (Phi) is 5.39. The van der Waals surface area contributed by atoms with Crippen LogP contribution in [0.5, 0.6) is 0 Å². The van der Waals surface area contributed by atoms with Gasteiger partial charge in [0.2, 0.25) is 5.91 Å². The number of amides is 1. The summed E-state index contributed by atoms with van der Waals surface area (Å²) in [6.45, 7) is 0. The fraction of sp³-hybridized carbons (Fsp3) is 0.172. The van der Waals surface area contributed by atoms with Crippen molar-refractivity contribution < 1.29 is 4.79 Å². The molecule has 6 heterocycles. The second-order valence-electron chi connectivity index (χ2n) is 9.67. The molecule has 6 aromatic rings. The van der Waals surface area contributed by atoms with E-state index in [1.165, 1.54) is 0 Å². The molecule has 9 nitrogen and oxygen atoms in total. The van der Waals surface area contributed by atoms with Gasteiger partial charge < -0.3 is 10.3 Å². The number of aromatic nitrogens is 7. The zero-order valence-electron chi connectivity index (χ0n) is 20.5. The maximum Gasteiger partial charge on any atom is 0.227 e. The summed E-state index contributed by atoms with van der Waals surface area (Å²) >= 11 is 0. The Balaban J connectivity index is 1.25. The van der Waals surface area contributed by atoms with Crippen LogP contribution in [0.3, 0.4) is 0 Å². The monoisotopic (exact) mass is 500 g/mol. The van der Waals surface area contributed by atoms with E-state index in [9.17, 15) is 4.79 Å². The van der Waals surface area contributed by atoms with E-state index in [1.54, 1.807) is 31.0 Å². The van der Waals surface area contributed by atoms with Gasteiger partial charge in [-0.2, -0.15) is 5.10 Å². The summed E-state index contributed by atoms with van der Waals surface area (Å²) in [5, 5.41) is 12.5. The van der Waals surface area contributed by atoms with Gasteiger partial charge in [0, 0.05) is 58.2 Å². The Bertz CT molecular complexity index is 1780. The molecule has 186 valence electrons. The van der Waals surface area contributed by atoms with E-state index in [4.69, 9.17) is 0 Å². The lowest BCUT2D eigenvalue weighted by Gasteiger charge is -2.11. The molecule has 9 heteroatoms. The summed E-state index contributed by atoms with van der Waals surface area (Å²) in [4.78, 5) is 34.0. The first-order valence-electron chi connectivity index (χ1n) is 12.7. The lowest BCUT2D eigenvalue weighted by molar-refractivity contribution is -0.119. The van der Waals surface area contributed by atoms with E-state index in [0.717, 1.165) is 75.7 Å². The highest BCUT2D eigenvalue weighted by molar-refractivity contribution is 6.00. The average molecular weight is 501 g/mol. The summed E-state index contributed by atoms with van der Waals surface area (Å²) in [5.41, 5.74) is 7.46. The van der Waals surface area contributed by atoms with Gasteiger partial charge in [0.15, 0.2) is 5.65 Å². The summed E-state index contributed by atoms with van der Waals surface area (Å²) in [6.07, 6.45) is 14.8. The third-order valence-corrected chi connectivity index (χ3v) is 7.22. The molecule has 7 rings (SSSR count). The molecular formula is C29H24N8O. The van der Waals surface area contributed by atoms with Gasteiger partial charge in [0.25, 0.3) is 0 Å². The van der Waals surface area contributed by atoms with Crippen molar-refractivity contribution in [1.82, 2.24) is 35.1 Å². The molecule has 0 aliphatic heterocycles. The van der Waals surface area contributed by atoms with Crippen molar-refractivity contribution in [3.8, 4) is 33.8 Å². The van der Waals surface area contributed by atoms with Gasteiger partial charge in [-0.1, -0.05) is 18.9 Å². The van der Waals surface area contributed by atoms with Gasteiger partial charge in [0.1, 0.15) is 5.69 Å². The molecule has 1 amide bonds. The minimum Gasteiger partial charge on any atom is -0.352 e. The average Bonchev–Trinajstić information content (AvgIpc) is 3.73. The van der Waals surface area contributed by atoms with E-state index in [1.807, 2.05) is 36.5 Å². The molecular weight excluding hydrogens is 476 g/mol. The Labute approximate surface area is 217 Å². The van der Waals surface area contributed by atoms with E-state index < -0.39 is 0 Å². The zero-order chi connectivity index (χ0) is 25.5. The number of hydrogen-bond acceptors (Lipinski definition) is 6. The highest BCUT2D eigenvalue weighted by Gasteiger charge is 2.23. The number of nitrogens with zero attached hydrogens (tertiary/aromatic N) is 5. The van der Waals surface area contributed by atoms with Crippen LogP contribution in [0.2, 0.25) is 0 Å². The summed E-state index contributed by atoms with van der Waals surface area (Å²) in [6, 6.07) is 11.9. The lowest BCUT2D eigenvalue weighted by Crippen LogP contribution is -2.20. The Morgan fingerprint density at radius 3 is 2.63 bits per heavy atom. The first-order chi connectivity index (χ1) is 18.7. The number of anilines is 1. The van der Waals surface area contributed by atoms with Crippen molar-refractivity contribution in [3.05, 3.63) is 73.6 Å². The van der Waals surface area contributed by atoms with Crippen LogP contribution in [-0.4, -0.2) is 41.0 Å². The number of nitrogens with one attached hydrogen (secondary N) is 3. The smallest absolute Gasteiger partial charge is 0.227 e. The predicted molar refractivity (Wildman–Crippen MR) is 146 cm³/mol. The molecule has 0 bridgehead atoms. The normalized spacial score (nSPS) is 13.9. The fourth-order valence-electron chi connectivity index (χ4n) is 5.27. The topological polar surface area (TPSA) is 125 Å². The van der Waals surface area contributed by atoms with Crippen LogP contribution in [-0.2, 0) is 4.79 Å². The van der Waals surface area contributed by atoms with Crippen LogP contribution < -0.4 is 5.32 Å². The van der Waals surface area contributed by atoms with Gasteiger partial charge in [-0.05, 0) is 43.2 Å². The predicted octanol–water partition coefficient (Wildman–Crippen LogP) is 5.75. The van der Waals surface area contributed by atoms with E-state index in [-0.39, 0.29) is 11.8 Å². The summed E-state index contributed by atoms with van der Waals surface area (Å²) in [5.74, 6) is 0.167. The van der Waals surface area contributed by atoms with Gasteiger partial charge in [-0.25, -0.2) is 4.98 Å². The van der Waals surface area contributed by atoms with Crippen molar-refractivity contribution in [1.29, 1.82) is 0 Å². The number of fused-ring (bicyclic) bond motifs is 2. The van der Waals surface area contributed by atoms with Crippen LogP contribution >= 0.6 is 0 Å². The molecule has 0 unspecified atom stereocenters. The van der Waals surface area contributed by atoms with Gasteiger partial charge in [0.05, 0.1) is 35.0 Å². The highest BCUT2D eigenvalue weighted by atomic mass is 16.1. The summed E-state index contributed by atoms with van der Waals surface area (Å²) < 4.78 is 0. The quantitative estimate of drug-likeness (QED) is 0.277. The van der Waals surface area contributed by atoms with Crippen LogP contribution in [0.4, 0.5) is 5.69 Å². The van der Waals surface area contributed by atoms with Crippen molar-refractivity contribution in [3.63, 3.8) is 0 Å². The largest absolute Gasteiger partial charge is 0.352 e. The van der Waals surface area contributed by atoms with Crippen molar-refractivity contribution in [2.24, 2.45) is 5.92 Å². The molecule has 38 heavy (non-hydrogen) atoms. The van der Waals surface area contributed by atoms with E-state index in [0.29, 0.717) is 11.3 Å². The first-order valence-corrected chi connectivity index (χ1v) is 12.7. The highest BCUT2D eigenvalue weighted by Crippen LogP contribution is 2.34. The standard InChI is InChI=1S/C29H24N8O/c38-29(17-5-1-2-6-17)34-20-9-18(12-30-14-20)19-10-22-27(36-37-28(22)33-13-19)25-11-21-23(15-31-16-26(21)35-25)24-7-3-4-8-32-24/h3-4,7-17,35H,1-2,5-6H2,(H,34,38)(H,33,36,37). The fourth-order valence-corrected chi connectivity index (χ4v) is 5.27. The molecule has 1 saturated carbocycles. The molecule has 6 aromatic heterocycles. The molecule has 3 N–H and O–H groups in total. The maximum absolute atomic E-state index is 12.6. The SMILES string of the molecule is O=C(Nc1cncc(-c2cnc3[nH]nc(-c4cc5c(-c6ccccn6)cncc5[nH]4)c3c2)c1)C1CCCC1. The van der Waals surface area contributed by atoms with Crippen molar-refractivity contribution in [2.75, 3.05) is 5.32 Å². The number of H-pyrrole nitrogens is 2. The molecule has 0 saturated heterocycles. The molecule has 0 aromatic carbocycles. The minimum absolute atomic E-state index is 0.0746. The first kappa shape index (κ1) is 22.3. The van der Waals surface area contributed by atoms with Gasteiger partial charge >= 0.3 is 0 Å². The third kappa shape index (κ3) is 3.98. The van der Waals surface area contributed by atoms with Gasteiger partial charge in [-0.15, -0.1) is 0 Å². The number of aromatic amines is 2. The lowest BCUT2D eigenvalue weighted by atomic mass is 10.1. The zero-order valence-corrected chi connectivity index (χ0v) is 20.5. The van der Waals surface area contributed by atoms with Crippen molar-refractivity contribution in [2.45, 2.75) is 25.7 Å². The Hall–Kier alpha value is -4.92. The van der Waals surface area contributed by atoms with Gasteiger partial charge in [-0.3, -0.25) is 24.8 Å². The molecule has 0 spiro atoms. The third-order valence-electron chi connectivity index (χ3n) is 7.22. The molecule has 1 aliphatic carbocycles. The minimum atomic E-state index is 0.0746. The molecule has 0 radical (unpaired) electrons. The molecule has 1 aliphatic rings. The number of hydrogen-bond donors (Lipinski definition) is 3. The number of rotatable bonds is 5. The van der Waals surface area contributed by atoms with Crippen molar-refractivity contribution >= 4 is 33.5 Å². The maximum atomic E-state index is 12.6. The number of pyridine rings is 4. The second kappa shape index (κ2) is 9.19. The van der Waals surface area contributed by atoms with Crippen LogP contribution in [0.15, 0.2) is 73.6 Å². The second-order valence-corrected chi connectivity index (χ2v) is 9.67.